The normalized spacial score (nSPS) is 15.4. The first-order valence-electron chi connectivity index (χ1n) is 11.1. The van der Waals surface area contributed by atoms with Gasteiger partial charge in [0.1, 0.15) is 11.8 Å². The van der Waals surface area contributed by atoms with Gasteiger partial charge < -0.3 is 15.6 Å². The number of primary amides is 1. The molecule has 4 aromatic rings. The van der Waals surface area contributed by atoms with Gasteiger partial charge in [-0.3, -0.25) is 14.6 Å². The summed E-state index contributed by atoms with van der Waals surface area (Å²) in [5.41, 5.74) is 10.7. The van der Waals surface area contributed by atoms with Gasteiger partial charge in [0, 0.05) is 19.5 Å². The fourth-order valence-electron chi connectivity index (χ4n) is 4.07. The summed E-state index contributed by atoms with van der Waals surface area (Å²) in [5.74, 6) is -0.824. The van der Waals surface area contributed by atoms with Crippen LogP contribution in [0.25, 0.3) is 11.0 Å². The lowest BCUT2D eigenvalue weighted by Gasteiger charge is -2.20. The third kappa shape index (κ3) is 4.38. The van der Waals surface area contributed by atoms with Gasteiger partial charge in [-0.2, -0.15) is 5.10 Å². The third-order valence-electron chi connectivity index (χ3n) is 5.88. The number of hydrogen-bond donors (Lipinski definition) is 2. The number of carbonyl (C=O) groups excluding carboxylic acids is 2. The van der Waals surface area contributed by atoms with Gasteiger partial charge in [-0.1, -0.05) is 54.6 Å². The Morgan fingerprint density at radius 3 is 2.41 bits per heavy atom. The minimum atomic E-state index is -0.679. The molecule has 1 atom stereocenters. The zero-order chi connectivity index (χ0) is 23.5. The van der Waals surface area contributed by atoms with Gasteiger partial charge in [0.2, 0.25) is 5.91 Å². The molecule has 5 rings (SSSR count). The molecule has 0 radical (unpaired) electrons. The number of aromatic nitrogens is 2. The number of carbonyl (C=O) groups is 2. The summed E-state index contributed by atoms with van der Waals surface area (Å²) >= 11 is 0. The standard InChI is InChI=1S/C26H24N6O2/c27-25(33)24-14-22(30-32(24)20-6-2-1-3-7-20)26(34)28-15-18-10-12-19(13-11-18)16-31-17-29-21-8-4-5-9-23(21)31/h1-13,17,24H,14-16H2,(H2,27,33)(H,28,34)/t24-/m1/s1. The lowest BCUT2D eigenvalue weighted by Crippen LogP contribution is -2.39. The molecule has 34 heavy (non-hydrogen) atoms. The van der Waals surface area contributed by atoms with Crippen LogP contribution >= 0.6 is 0 Å². The second-order valence-electron chi connectivity index (χ2n) is 8.21. The maximum atomic E-state index is 12.7. The van der Waals surface area contributed by atoms with E-state index in [1.807, 2.05) is 79.1 Å². The molecule has 3 aromatic carbocycles. The summed E-state index contributed by atoms with van der Waals surface area (Å²) in [5, 5.41) is 8.80. The van der Waals surface area contributed by atoms with Crippen LogP contribution in [0.5, 0.6) is 0 Å². The van der Waals surface area contributed by atoms with Gasteiger partial charge in [0.05, 0.1) is 23.0 Å². The molecule has 0 saturated heterocycles. The van der Waals surface area contributed by atoms with Gasteiger partial charge in [0.25, 0.3) is 5.91 Å². The van der Waals surface area contributed by atoms with E-state index in [1.54, 1.807) is 0 Å². The van der Waals surface area contributed by atoms with Crippen LogP contribution in [0.4, 0.5) is 5.69 Å². The zero-order valence-electron chi connectivity index (χ0n) is 18.5. The van der Waals surface area contributed by atoms with Crippen molar-refractivity contribution in [1.82, 2.24) is 14.9 Å². The number of para-hydroxylation sites is 3. The average Bonchev–Trinajstić information content (AvgIpc) is 3.49. The number of nitrogens with zero attached hydrogens (tertiary/aromatic N) is 4. The second kappa shape index (κ2) is 9.19. The Morgan fingerprint density at radius 2 is 1.65 bits per heavy atom. The molecule has 1 aliphatic rings. The zero-order valence-corrected chi connectivity index (χ0v) is 18.5. The average molecular weight is 453 g/mol. The van der Waals surface area contributed by atoms with Gasteiger partial charge in [-0.15, -0.1) is 0 Å². The fraction of sp³-hybridized carbons (Fsp3) is 0.154. The molecule has 0 unspecified atom stereocenters. The van der Waals surface area contributed by atoms with E-state index >= 15 is 0 Å². The van der Waals surface area contributed by atoms with E-state index in [-0.39, 0.29) is 18.0 Å². The Kier molecular flexibility index (Phi) is 5.78. The monoisotopic (exact) mass is 452 g/mol. The molecule has 0 saturated carbocycles. The van der Waals surface area contributed by atoms with Crippen molar-refractivity contribution in [2.24, 2.45) is 10.8 Å². The predicted octanol–water partition coefficient (Wildman–Crippen LogP) is 2.82. The van der Waals surface area contributed by atoms with Crippen molar-refractivity contribution in [1.29, 1.82) is 0 Å². The van der Waals surface area contributed by atoms with E-state index in [2.05, 4.69) is 26.0 Å². The number of amides is 2. The first kappa shape index (κ1) is 21.4. The number of benzene rings is 3. The van der Waals surface area contributed by atoms with E-state index in [4.69, 9.17) is 5.73 Å². The van der Waals surface area contributed by atoms with Crippen LogP contribution < -0.4 is 16.1 Å². The Balaban J connectivity index is 1.22. The number of anilines is 1. The van der Waals surface area contributed by atoms with Crippen molar-refractivity contribution in [2.45, 2.75) is 25.6 Å². The Hall–Kier alpha value is -4.46. The van der Waals surface area contributed by atoms with E-state index < -0.39 is 11.9 Å². The number of nitrogens with one attached hydrogen (secondary N) is 1. The van der Waals surface area contributed by atoms with Gasteiger partial charge in [-0.25, -0.2) is 4.98 Å². The first-order valence-corrected chi connectivity index (χ1v) is 11.1. The predicted molar refractivity (Wildman–Crippen MR) is 131 cm³/mol. The lowest BCUT2D eigenvalue weighted by atomic mass is 10.1. The second-order valence-corrected chi connectivity index (χ2v) is 8.21. The number of hydrazone groups is 1. The van der Waals surface area contributed by atoms with Crippen molar-refractivity contribution in [3.8, 4) is 0 Å². The lowest BCUT2D eigenvalue weighted by molar-refractivity contribution is -0.119. The van der Waals surface area contributed by atoms with Crippen molar-refractivity contribution >= 4 is 34.2 Å². The quantitative estimate of drug-likeness (QED) is 0.450. The van der Waals surface area contributed by atoms with E-state index in [0.29, 0.717) is 13.1 Å². The molecule has 1 aromatic heterocycles. The first-order chi connectivity index (χ1) is 16.6. The number of imidazole rings is 1. The highest BCUT2D eigenvalue weighted by atomic mass is 16.2. The van der Waals surface area contributed by atoms with Crippen LogP contribution in [0, 0.1) is 0 Å². The third-order valence-corrected chi connectivity index (χ3v) is 5.88. The molecule has 0 fully saturated rings. The van der Waals surface area contributed by atoms with Crippen molar-refractivity contribution in [3.63, 3.8) is 0 Å². The fourth-order valence-corrected chi connectivity index (χ4v) is 4.07. The largest absolute Gasteiger partial charge is 0.368 e. The summed E-state index contributed by atoms with van der Waals surface area (Å²) < 4.78 is 2.11. The Morgan fingerprint density at radius 1 is 0.941 bits per heavy atom. The summed E-state index contributed by atoms with van der Waals surface area (Å²) in [7, 11) is 0. The van der Waals surface area contributed by atoms with Crippen LogP contribution in [0.3, 0.4) is 0 Å². The molecule has 8 heteroatoms. The molecule has 2 heterocycles. The molecule has 8 nitrogen and oxygen atoms in total. The van der Waals surface area contributed by atoms with Gasteiger partial charge in [-0.05, 0) is 35.4 Å². The highest BCUT2D eigenvalue weighted by molar-refractivity contribution is 6.40. The molecular formula is C26H24N6O2. The SMILES string of the molecule is NC(=O)[C@H]1CC(C(=O)NCc2ccc(Cn3cnc4ccccc43)cc2)=NN1c1ccccc1. The van der Waals surface area contributed by atoms with Gasteiger partial charge >= 0.3 is 0 Å². The van der Waals surface area contributed by atoms with Crippen molar-refractivity contribution in [2.75, 3.05) is 5.01 Å². The minimum Gasteiger partial charge on any atom is -0.368 e. The summed E-state index contributed by atoms with van der Waals surface area (Å²) in [6, 6.07) is 24.7. The molecular weight excluding hydrogens is 428 g/mol. The molecule has 170 valence electrons. The van der Waals surface area contributed by atoms with Crippen LogP contribution in [0.15, 0.2) is 90.3 Å². The number of nitrogens with two attached hydrogens (primary N) is 1. The summed E-state index contributed by atoms with van der Waals surface area (Å²) in [4.78, 5) is 29.1. The highest BCUT2D eigenvalue weighted by Gasteiger charge is 2.34. The summed E-state index contributed by atoms with van der Waals surface area (Å²) in [6.45, 7) is 1.08. The highest BCUT2D eigenvalue weighted by Crippen LogP contribution is 2.24. The molecule has 3 N–H and O–H groups in total. The van der Waals surface area contributed by atoms with E-state index in [0.717, 1.165) is 27.8 Å². The molecule has 0 bridgehead atoms. The number of hydrogen-bond acceptors (Lipinski definition) is 5. The Labute approximate surface area is 196 Å². The topological polar surface area (TPSA) is 106 Å². The van der Waals surface area contributed by atoms with Crippen LogP contribution in [0.1, 0.15) is 17.5 Å². The van der Waals surface area contributed by atoms with Crippen molar-refractivity contribution < 1.29 is 9.59 Å². The maximum absolute atomic E-state index is 12.7. The van der Waals surface area contributed by atoms with Crippen LogP contribution in [-0.4, -0.2) is 33.1 Å². The minimum absolute atomic E-state index is 0.174. The smallest absolute Gasteiger partial charge is 0.267 e. The molecule has 0 aliphatic carbocycles. The van der Waals surface area contributed by atoms with Gasteiger partial charge in [0.15, 0.2) is 0 Å². The van der Waals surface area contributed by atoms with E-state index in [1.165, 1.54) is 5.01 Å². The molecule has 2 amide bonds. The van der Waals surface area contributed by atoms with Crippen molar-refractivity contribution in [3.05, 3.63) is 96.3 Å². The molecule has 0 spiro atoms. The summed E-state index contributed by atoms with van der Waals surface area (Å²) in [6.07, 6.45) is 2.02. The number of fused-ring (bicyclic) bond motifs is 1. The number of rotatable bonds is 7. The van der Waals surface area contributed by atoms with Crippen LogP contribution in [0.2, 0.25) is 0 Å². The Bertz CT molecular complexity index is 1360. The molecule has 1 aliphatic heterocycles. The maximum Gasteiger partial charge on any atom is 0.267 e. The van der Waals surface area contributed by atoms with Crippen LogP contribution in [-0.2, 0) is 22.7 Å². The van der Waals surface area contributed by atoms with E-state index in [9.17, 15) is 9.59 Å².